The summed E-state index contributed by atoms with van der Waals surface area (Å²) in [6.07, 6.45) is 2.07. The number of amides is 1. The maximum Gasteiger partial charge on any atom is 0.276 e. The topological polar surface area (TPSA) is 77.6 Å². The Kier molecular flexibility index (Phi) is 4.32. The fourth-order valence-electron chi connectivity index (χ4n) is 2.18. The number of alkyl halides is 2. The van der Waals surface area contributed by atoms with Gasteiger partial charge in [0.15, 0.2) is 5.69 Å². The number of nitrogens with one attached hydrogen (secondary N) is 1. The van der Waals surface area contributed by atoms with Crippen LogP contribution in [0.4, 0.5) is 14.5 Å². The lowest BCUT2D eigenvalue weighted by molar-refractivity contribution is 0.101. The molecule has 0 fully saturated rings. The third-order valence-corrected chi connectivity index (χ3v) is 3.18. The van der Waals surface area contributed by atoms with Gasteiger partial charge in [-0.25, -0.2) is 8.78 Å². The van der Waals surface area contributed by atoms with Crippen LogP contribution in [-0.4, -0.2) is 36.9 Å². The van der Waals surface area contributed by atoms with Crippen molar-refractivity contribution in [2.75, 3.05) is 5.32 Å². The van der Waals surface area contributed by atoms with Crippen LogP contribution in [0, 0.1) is 0 Å². The molecule has 0 aliphatic carbocycles. The fourth-order valence-corrected chi connectivity index (χ4v) is 2.18. The van der Waals surface area contributed by atoms with Crippen LogP contribution in [0.25, 0.3) is 11.4 Å². The van der Waals surface area contributed by atoms with Crippen molar-refractivity contribution in [3.05, 3.63) is 48.5 Å². The molecule has 24 heavy (non-hydrogen) atoms. The molecular formula is C15H14F2N6O. The van der Waals surface area contributed by atoms with Crippen molar-refractivity contribution >= 4 is 11.6 Å². The van der Waals surface area contributed by atoms with Crippen LogP contribution >= 0.6 is 0 Å². The normalized spacial score (nSPS) is 11.0. The van der Waals surface area contributed by atoms with Crippen molar-refractivity contribution in [3.8, 4) is 11.4 Å². The Hall–Kier alpha value is -3.10. The molecule has 0 aliphatic rings. The molecule has 0 unspecified atom stereocenters. The Bertz CT molecular complexity index is 843. The monoisotopic (exact) mass is 332 g/mol. The van der Waals surface area contributed by atoms with E-state index < -0.39 is 18.9 Å². The first-order valence-corrected chi connectivity index (χ1v) is 7.11. The molecular weight excluding hydrogens is 318 g/mol. The number of carbonyl (C=O) groups is 1. The molecule has 1 amide bonds. The van der Waals surface area contributed by atoms with Crippen LogP contribution in [0.15, 0.2) is 42.9 Å². The molecule has 0 radical (unpaired) electrons. The maximum absolute atomic E-state index is 12.3. The molecule has 0 bridgehead atoms. The molecule has 0 atom stereocenters. The second-order valence-electron chi connectivity index (χ2n) is 5.05. The molecule has 0 aromatic carbocycles. The molecule has 0 saturated carbocycles. The first kappa shape index (κ1) is 15.8. The van der Waals surface area contributed by atoms with Crippen LogP contribution in [0.5, 0.6) is 0 Å². The van der Waals surface area contributed by atoms with E-state index in [0.29, 0.717) is 17.1 Å². The number of aryl methyl sites for hydroxylation is 1. The number of pyridine rings is 1. The lowest BCUT2D eigenvalue weighted by atomic mass is 10.2. The zero-order chi connectivity index (χ0) is 17.1. The summed E-state index contributed by atoms with van der Waals surface area (Å²) in [6, 6.07) is 6.75. The van der Waals surface area contributed by atoms with Gasteiger partial charge >= 0.3 is 0 Å². The molecule has 3 heterocycles. The summed E-state index contributed by atoms with van der Waals surface area (Å²) in [5, 5.41) is 10.8. The second-order valence-corrected chi connectivity index (χ2v) is 5.05. The predicted molar refractivity (Wildman–Crippen MR) is 82.6 cm³/mol. The van der Waals surface area contributed by atoms with Gasteiger partial charge < -0.3 is 5.32 Å². The quantitative estimate of drug-likeness (QED) is 0.777. The molecule has 124 valence electrons. The molecule has 0 spiro atoms. The van der Waals surface area contributed by atoms with E-state index in [4.69, 9.17) is 0 Å². The molecule has 3 aromatic rings. The first-order chi connectivity index (χ1) is 11.5. The average molecular weight is 332 g/mol. The molecule has 0 saturated heterocycles. The number of carbonyl (C=O) groups excluding carboxylic acids is 1. The van der Waals surface area contributed by atoms with Crippen LogP contribution in [-0.2, 0) is 13.6 Å². The van der Waals surface area contributed by atoms with E-state index in [9.17, 15) is 13.6 Å². The zero-order valence-electron chi connectivity index (χ0n) is 12.7. The van der Waals surface area contributed by atoms with Gasteiger partial charge in [-0.1, -0.05) is 6.07 Å². The SMILES string of the molecule is Cn1cc(NC(=O)c2ccn(CC(F)F)n2)c(-c2ccccn2)n1. The van der Waals surface area contributed by atoms with E-state index in [0.717, 1.165) is 4.68 Å². The summed E-state index contributed by atoms with van der Waals surface area (Å²) in [7, 11) is 1.72. The van der Waals surface area contributed by atoms with Crippen LogP contribution in [0.2, 0.25) is 0 Å². The van der Waals surface area contributed by atoms with Gasteiger partial charge in [-0.3, -0.25) is 19.1 Å². The summed E-state index contributed by atoms with van der Waals surface area (Å²) >= 11 is 0. The molecule has 7 nitrogen and oxygen atoms in total. The average Bonchev–Trinajstić information content (AvgIpc) is 3.14. The van der Waals surface area contributed by atoms with E-state index in [1.54, 1.807) is 36.3 Å². The van der Waals surface area contributed by atoms with Gasteiger partial charge in [0.2, 0.25) is 0 Å². The standard InChI is InChI=1S/C15H14F2N6O/c1-22-8-12(14(21-22)10-4-2-3-6-18-10)19-15(24)11-5-7-23(20-11)9-13(16)17/h2-8,13H,9H2,1H3,(H,19,24). The Balaban J connectivity index is 1.81. The second kappa shape index (κ2) is 6.57. The molecule has 0 aliphatic heterocycles. The van der Waals surface area contributed by atoms with Crippen molar-refractivity contribution in [3.63, 3.8) is 0 Å². The third-order valence-electron chi connectivity index (χ3n) is 3.18. The Morgan fingerprint density at radius 2 is 2.12 bits per heavy atom. The number of hydrogen-bond acceptors (Lipinski definition) is 4. The number of halogens is 2. The highest BCUT2D eigenvalue weighted by Crippen LogP contribution is 2.24. The number of nitrogens with zero attached hydrogens (tertiary/aromatic N) is 5. The van der Waals surface area contributed by atoms with Crippen molar-refractivity contribution < 1.29 is 13.6 Å². The third kappa shape index (κ3) is 3.45. The minimum Gasteiger partial charge on any atom is -0.317 e. The highest BCUT2D eigenvalue weighted by Gasteiger charge is 2.17. The highest BCUT2D eigenvalue weighted by atomic mass is 19.3. The van der Waals surface area contributed by atoms with Crippen LogP contribution in [0.1, 0.15) is 10.5 Å². The Morgan fingerprint density at radius 1 is 1.29 bits per heavy atom. The van der Waals surface area contributed by atoms with Gasteiger partial charge in [0.25, 0.3) is 12.3 Å². The largest absolute Gasteiger partial charge is 0.317 e. The van der Waals surface area contributed by atoms with Crippen LogP contribution < -0.4 is 5.32 Å². The summed E-state index contributed by atoms with van der Waals surface area (Å²) in [4.78, 5) is 16.5. The minimum atomic E-state index is -2.53. The van der Waals surface area contributed by atoms with Crippen molar-refractivity contribution in [1.82, 2.24) is 24.5 Å². The van der Waals surface area contributed by atoms with Crippen LogP contribution in [0.3, 0.4) is 0 Å². The Morgan fingerprint density at radius 3 is 2.83 bits per heavy atom. The van der Waals surface area contributed by atoms with E-state index in [2.05, 4.69) is 20.5 Å². The molecule has 9 heteroatoms. The molecule has 3 aromatic heterocycles. The summed E-state index contributed by atoms with van der Waals surface area (Å²) in [5.74, 6) is -0.506. The Labute approximate surface area is 135 Å². The van der Waals surface area contributed by atoms with Crippen molar-refractivity contribution in [2.45, 2.75) is 13.0 Å². The van der Waals surface area contributed by atoms with Crippen molar-refractivity contribution in [1.29, 1.82) is 0 Å². The van der Waals surface area contributed by atoms with Gasteiger partial charge in [0.1, 0.15) is 12.2 Å². The van der Waals surface area contributed by atoms with Gasteiger partial charge in [0.05, 0.1) is 11.4 Å². The first-order valence-electron chi connectivity index (χ1n) is 7.11. The highest BCUT2D eigenvalue weighted by molar-refractivity contribution is 6.04. The summed E-state index contributed by atoms with van der Waals surface area (Å²) in [5.41, 5.74) is 1.63. The number of anilines is 1. The lowest BCUT2D eigenvalue weighted by Crippen LogP contribution is -2.14. The minimum absolute atomic E-state index is 0.0477. The van der Waals surface area contributed by atoms with Gasteiger partial charge in [-0.15, -0.1) is 0 Å². The maximum atomic E-state index is 12.3. The summed E-state index contributed by atoms with van der Waals surface area (Å²) < 4.78 is 27.3. The van der Waals surface area contributed by atoms with Gasteiger partial charge in [-0.05, 0) is 18.2 Å². The lowest BCUT2D eigenvalue weighted by Gasteiger charge is -2.03. The van der Waals surface area contributed by atoms with E-state index in [-0.39, 0.29) is 5.69 Å². The molecule has 3 rings (SSSR count). The fraction of sp³-hybridized carbons (Fsp3) is 0.200. The van der Waals surface area contributed by atoms with E-state index in [1.807, 2.05) is 6.07 Å². The predicted octanol–water partition coefficient (Wildman–Crippen LogP) is 2.20. The van der Waals surface area contributed by atoms with Gasteiger partial charge in [-0.2, -0.15) is 10.2 Å². The van der Waals surface area contributed by atoms with E-state index in [1.165, 1.54) is 12.3 Å². The number of aromatic nitrogens is 5. The van der Waals surface area contributed by atoms with Gasteiger partial charge in [0, 0.05) is 25.6 Å². The molecule has 1 N–H and O–H groups in total. The smallest absolute Gasteiger partial charge is 0.276 e. The zero-order valence-corrected chi connectivity index (χ0v) is 12.7. The van der Waals surface area contributed by atoms with Crippen molar-refractivity contribution in [2.24, 2.45) is 7.05 Å². The summed E-state index contributed by atoms with van der Waals surface area (Å²) in [6.45, 7) is -0.556. The number of hydrogen-bond donors (Lipinski definition) is 1. The van der Waals surface area contributed by atoms with E-state index >= 15 is 0 Å². The number of rotatable bonds is 5.